The van der Waals surface area contributed by atoms with Crippen molar-refractivity contribution in [2.45, 2.75) is 32.2 Å². The van der Waals surface area contributed by atoms with E-state index in [4.69, 9.17) is 0 Å². The van der Waals surface area contributed by atoms with Crippen molar-refractivity contribution < 1.29 is 4.79 Å². The summed E-state index contributed by atoms with van der Waals surface area (Å²) in [4.78, 5) is 14.7. The van der Waals surface area contributed by atoms with Crippen LogP contribution in [-0.4, -0.2) is 36.5 Å². The van der Waals surface area contributed by atoms with Gasteiger partial charge in [-0.1, -0.05) is 25.5 Å². The molecule has 0 spiro atoms. The highest BCUT2D eigenvalue weighted by molar-refractivity contribution is 5.88. The van der Waals surface area contributed by atoms with Crippen molar-refractivity contribution in [3.63, 3.8) is 0 Å². The Morgan fingerprint density at radius 1 is 1.35 bits per heavy atom. The van der Waals surface area contributed by atoms with Crippen LogP contribution in [0.3, 0.4) is 0 Å². The maximum atomic E-state index is 12.6. The molecule has 0 saturated carbocycles. The zero-order valence-corrected chi connectivity index (χ0v) is 12.1. The molecule has 1 saturated heterocycles. The van der Waals surface area contributed by atoms with Crippen LogP contribution in [0.5, 0.6) is 0 Å². The number of amides is 1. The third-order valence-corrected chi connectivity index (χ3v) is 4.46. The lowest BCUT2D eigenvalue weighted by molar-refractivity contribution is -0.133. The lowest BCUT2D eigenvalue weighted by Crippen LogP contribution is -2.51. The summed E-state index contributed by atoms with van der Waals surface area (Å²) in [5, 5.41) is 6.72. The standard InChI is InChI=1S/C16H23N3O/c1-2-12-6-5-9-19(11-12)16(20)15-10-17-13-7-3-4-8-14(13)18-15/h3-4,7-8,12,15,17-18H,2,5-6,9-11H2,1H3. The average Bonchev–Trinajstić information content (AvgIpc) is 2.53. The van der Waals surface area contributed by atoms with E-state index in [2.05, 4.69) is 17.6 Å². The first-order valence-electron chi connectivity index (χ1n) is 7.66. The molecule has 0 aliphatic carbocycles. The summed E-state index contributed by atoms with van der Waals surface area (Å²) in [5.74, 6) is 0.918. The molecule has 2 aliphatic rings. The van der Waals surface area contributed by atoms with Crippen molar-refractivity contribution in [3.8, 4) is 0 Å². The largest absolute Gasteiger partial charge is 0.381 e. The number of hydrogen-bond acceptors (Lipinski definition) is 3. The van der Waals surface area contributed by atoms with E-state index in [0.717, 1.165) is 30.9 Å². The third-order valence-electron chi connectivity index (χ3n) is 4.46. The number of benzene rings is 1. The van der Waals surface area contributed by atoms with Crippen LogP contribution in [0, 0.1) is 5.92 Å². The number of piperidine rings is 1. The van der Waals surface area contributed by atoms with Crippen molar-refractivity contribution in [1.29, 1.82) is 0 Å². The van der Waals surface area contributed by atoms with Gasteiger partial charge in [0.15, 0.2) is 0 Å². The first-order valence-corrected chi connectivity index (χ1v) is 7.66. The van der Waals surface area contributed by atoms with Gasteiger partial charge in [0, 0.05) is 19.6 Å². The van der Waals surface area contributed by atoms with Crippen LogP contribution >= 0.6 is 0 Å². The minimum absolute atomic E-state index is 0.138. The Hall–Kier alpha value is -1.71. The summed E-state index contributed by atoms with van der Waals surface area (Å²) in [6.07, 6.45) is 3.57. The van der Waals surface area contributed by atoms with Gasteiger partial charge in [0.05, 0.1) is 11.4 Å². The van der Waals surface area contributed by atoms with Gasteiger partial charge in [0.2, 0.25) is 5.91 Å². The van der Waals surface area contributed by atoms with E-state index in [0.29, 0.717) is 12.5 Å². The molecule has 1 fully saturated rings. The Bertz CT molecular complexity index is 488. The van der Waals surface area contributed by atoms with Crippen molar-refractivity contribution in [2.24, 2.45) is 5.92 Å². The molecule has 4 nitrogen and oxygen atoms in total. The molecule has 108 valence electrons. The van der Waals surface area contributed by atoms with E-state index in [1.807, 2.05) is 29.2 Å². The number of carbonyl (C=O) groups excluding carboxylic acids is 1. The Balaban J connectivity index is 1.67. The molecule has 0 aromatic heterocycles. The van der Waals surface area contributed by atoms with Crippen molar-refractivity contribution in [2.75, 3.05) is 30.3 Å². The highest BCUT2D eigenvalue weighted by atomic mass is 16.2. The molecule has 4 heteroatoms. The van der Waals surface area contributed by atoms with E-state index in [1.165, 1.54) is 12.8 Å². The molecule has 1 amide bonds. The molecule has 1 aromatic carbocycles. The van der Waals surface area contributed by atoms with Crippen LogP contribution in [0.2, 0.25) is 0 Å². The Morgan fingerprint density at radius 3 is 2.95 bits per heavy atom. The number of para-hydroxylation sites is 2. The molecular weight excluding hydrogens is 250 g/mol. The summed E-state index contributed by atoms with van der Waals surface area (Å²) in [6.45, 7) is 4.72. The van der Waals surface area contributed by atoms with Crippen LogP contribution in [0.1, 0.15) is 26.2 Å². The van der Waals surface area contributed by atoms with Crippen molar-refractivity contribution in [3.05, 3.63) is 24.3 Å². The van der Waals surface area contributed by atoms with E-state index in [9.17, 15) is 4.79 Å². The summed E-state index contributed by atoms with van der Waals surface area (Å²) >= 11 is 0. The van der Waals surface area contributed by atoms with Gasteiger partial charge in [-0.2, -0.15) is 0 Å². The number of rotatable bonds is 2. The van der Waals surface area contributed by atoms with Crippen molar-refractivity contribution >= 4 is 17.3 Å². The molecule has 2 N–H and O–H groups in total. The zero-order chi connectivity index (χ0) is 13.9. The van der Waals surface area contributed by atoms with Crippen LogP contribution < -0.4 is 10.6 Å². The quantitative estimate of drug-likeness (QED) is 0.870. The molecule has 2 heterocycles. The van der Waals surface area contributed by atoms with Gasteiger partial charge in [0.25, 0.3) is 0 Å². The van der Waals surface area contributed by atoms with Crippen LogP contribution in [0.4, 0.5) is 11.4 Å². The molecule has 2 atom stereocenters. The molecule has 1 aromatic rings. The van der Waals surface area contributed by atoms with Gasteiger partial charge in [-0.25, -0.2) is 0 Å². The smallest absolute Gasteiger partial charge is 0.246 e. The normalized spacial score (nSPS) is 25.4. The second-order valence-electron chi connectivity index (χ2n) is 5.82. The minimum atomic E-state index is -0.138. The van der Waals surface area contributed by atoms with Gasteiger partial charge < -0.3 is 15.5 Å². The highest BCUT2D eigenvalue weighted by Crippen LogP contribution is 2.27. The lowest BCUT2D eigenvalue weighted by Gasteiger charge is -2.36. The second kappa shape index (κ2) is 5.73. The Kier molecular flexibility index (Phi) is 3.81. The van der Waals surface area contributed by atoms with Gasteiger partial charge in [0.1, 0.15) is 6.04 Å². The SMILES string of the molecule is CCC1CCCN(C(=O)C2CNc3ccccc3N2)C1. The van der Waals surface area contributed by atoms with E-state index in [-0.39, 0.29) is 11.9 Å². The molecule has 2 aliphatic heterocycles. The highest BCUT2D eigenvalue weighted by Gasteiger charge is 2.30. The maximum absolute atomic E-state index is 12.6. The minimum Gasteiger partial charge on any atom is -0.381 e. The fourth-order valence-electron chi connectivity index (χ4n) is 3.18. The van der Waals surface area contributed by atoms with E-state index in [1.54, 1.807) is 0 Å². The summed E-state index contributed by atoms with van der Waals surface area (Å²) in [6, 6.07) is 7.92. The first-order chi connectivity index (χ1) is 9.78. The number of anilines is 2. The molecule has 20 heavy (non-hydrogen) atoms. The van der Waals surface area contributed by atoms with Gasteiger partial charge >= 0.3 is 0 Å². The van der Waals surface area contributed by atoms with Crippen LogP contribution in [0.25, 0.3) is 0 Å². The predicted octanol–water partition coefficient (Wildman–Crippen LogP) is 2.54. The molecular formula is C16H23N3O. The fourth-order valence-corrected chi connectivity index (χ4v) is 3.18. The van der Waals surface area contributed by atoms with Gasteiger partial charge in [-0.05, 0) is 30.9 Å². The fraction of sp³-hybridized carbons (Fsp3) is 0.562. The van der Waals surface area contributed by atoms with Gasteiger partial charge in [-0.3, -0.25) is 4.79 Å². The summed E-state index contributed by atoms with van der Waals surface area (Å²) < 4.78 is 0. The van der Waals surface area contributed by atoms with Gasteiger partial charge in [-0.15, -0.1) is 0 Å². The predicted molar refractivity (Wildman–Crippen MR) is 81.9 cm³/mol. The molecule has 0 radical (unpaired) electrons. The topological polar surface area (TPSA) is 44.4 Å². The monoisotopic (exact) mass is 273 g/mol. The second-order valence-corrected chi connectivity index (χ2v) is 5.82. The molecule has 2 unspecified atom stereocenters. The molecule has 0 bridgehead atoms. The first kappa shape index (κ1) is 13.3. The van der Waals surface area contributed by atoms with Crippen LogP contribution in [-0.2, 0) is 4.79 Å². The Morgan fingerprint density at radius 2 is 2.15 bits per heavy atom. The van der Waals surface area contributed by atoms with E-state index >= 15 is 0 Å². The average molecular weight is 273 g/mol. The number of likely N-dealkylation sites (tertiary alicyclic amines) is 1. The van der Waals surface area contributed by atoms with Crippen molar-refractivity contribution in [1.82, 2.24) is 4.90 Å². The third kappa shape index (κ3) is 2.60. The van der Waals surface area contributed by atoms with E-state index < -0.39 is 0 Å². The molecule has 3 rings (SSSR count). The number of nitrogens with zero attached hydrogens (tertiary/aromatic N) is 1. The maximum Gasteiger partial charge on any atom is 0.246 e. The summed E-state index contributed by atoms with van der Waals surface area (Å²) in [7, 11) is 0. The number of carbonyl (C=O) groups is 1. The van der Waals surface area contributed by atoms with Crippen LogP contribution in [0.15, 0.2) is 24.3 Å². The number of hydrogen-bond donors (Lipinski definition) is 2. The zero-order valence-electron chi connectivity index (χ0n) is 12.1. The summed E-state index contributed by atoms with van der Waals surface area (Å²) in [5.41, 5.74) is 2.11. The number of fused-ring (bicyclic) bond motifs is 1. The Labute approximate surface area is 120 Å². The number of nitrogens with one attached hydrogen (secondary N) is 2. The lowest BCUT2D eigenvalue weighted by atomic mass is 9.95.